The van der Waals surface area contributed by atoms with Gasteiger partial charge in [-0.2, -0.15) is 0 Å². The van der Waals surface area contributed by atoms with Crippen LogP contribution in [0, 0.1) is 0 Å². The van der Waals surface area contributed by atoms with Crippen molar-refractivity contribution in [2.24, 2.45) is 0 Å². The fraction of sp³-hybridized carbons (Fsp3) is 0.333. The molecule has 0 atom stereocenters. The van der Waals surface area contributed by atoms with Crippen LogP contribution in [-0.4, -0.2) is 28.9 Å². The Bertz CT molecular complexity index is 673. The topological polar surface area (TPSA) is 33.2 Å². The van der Waals surface area contributed by atoms with Gasteiger partial charge in [0, 0.05) is 31.6 Å². The Hall–Kier alpha value is -2.42. The zero-order chi connectivity index (χ0) is 16.8. The van der Waals surface area contributed by atoms with E-state index in [1.807, 2.05) is 30.2 Å². The van der Waals surface area contributed by atoms with Gasteiger partial charge >= 0.3 is 0 Å². The van der Waals surface area contributed by atoms with Gasteiger partial charge in [-0.25, -0.2) is 0 Å². The summed E-state index contributed by atoms with van der Waals surface area (Å²) < 4.78 is 0. The number of aromatic nitrogens is 1. The van der Waals surface area contributed by atoms with Gasteiger partial charge in [0.05, 0.1) is 0 Å². The molecule has 0 N–H and O–H groups in total. The maximum Gasteiger partial charge on any atom is 0.246 e. The molecule has 1 heterocycles. The molecule has 1 saturated carbocycles. The number of carbonyl (C=O) groups excluding carboxylic acids is 1. The molecule has 0 aliphatic heterocycles. The predicted octanol–water partition coefficient (Wildman–Crippen LogP) is 4.28. The van der Waals surface area contributed by atoms with Gasteiger partial charge in [0.2, 0.25) is 5.91 Å². The third-order valence-corrected chi connectivity index (χ3v) is 4.97. The Labute approximate surface area is 144 Å². The zero-order valence-corrected chi connectivity index (χ0v) is 14.1. The molecule has 124 valence electrons. The number of pyridine rings is 1. The van der Waals surface area contributed by atoms with Crippen LogP contribution < -0.4 is 0 Å². The van der Waals surface area contributed by atoms with Gasteiger partial charge in [-0.1, -0.05) is 36.4 Å². The Morgan fingerprint density at radius 2 is 1.83 bits per heavy atom. The number of amides is 1. The molecule has 2 aromatic rings. The van der Waals surface area contributed by atoms with Crippen LogP contribution in [0.1, 0.15) is 42.7 Å². The number of benzene rings is 1. The lowest BCUT2D eigenvalue weighted by molar-refractivity contribution is -0.127. The van der Waals surface area contributed by atoms with Gasteiger partial charge in [-0.05, 0) is 54.9 Å². The molecular weight excluding hydrogens is 296 g/mol. The lowest BCUT2D eigenvalue weighted by atomic mass is 9.81. The normalized spacial score (nSPS) is 20.9. The summed E-state index contributed by atoms with van der Waals surface area (Å²) in [5.41, 5.74) is 2.38. The molecule has 1 amide bonds. The van der Waals surface area contributed by atoms with Gasteiger partial charge in [-0.15, -0.1) is 0 Å². The number of rotatable bonds is 4. The van der Waals surface area contributed by atoms with E-state index in [0.29, 0.717) is 12.0 Å². The number of nitrogens with zero attached hydrogens (tertiary/aromatic N) is 2. The maximum absolute atomic E-state index is 12.4. The second-order valence-corrected chi connectivity index (χ2v) is 6.48. The fourth-order valence-corrected chi connectivity index (χ4v) is 3.46. The van der Waals surface area contributed by atoms with Crippen molar-refractivity contribution in [3.05, 3.63) is 72.1 Å². The summed E-state index contributed by atoms with van der Waals surface area (Å²) in [6, 6.07) is 14.9. The summed E-state index contributed by atoms with van der Waals surface area (Å²) in [5, 5.41) is 0. The molecule has 3 rings (SSSR count). The van der Waals surface area contributed by atoms with Crippen LogP contribution in [0.5, 0.6) is 0 Å². The van der Waals surface area contributed by atoms with Crippen molar-refractivity contribution in [1.29, 1.82) is 0 Å². The summed E-state index contributed by atoms with van der Waals surface area (Å²) in [7, 11) is 1.92. The van der Waals surface area contributed by atoms with Crippen molar-refractivity contribution in [3.63, 3.8) is 0 Å². The molecule has 1 aliphatic rings. The highest BCUT2D eigenvalue weighted by Gasteiger charge is 2.26. The minimum Gasteiger partial charge on any atom is -0.339 e. The highest BCUT2D eigenvalue weighted by Crippen LogP contribution is 2.34. The Balaban J connectivity index is 1.54. The quantitative estimate of drug-likeness (QED) is 0.788. The average molecular weight is 320 g/mol. The fourth-order valence-electron chi connectivity index (χ4n) is 3.46. The number of carbonyl (C=O) groups is 1. The summed E-state index contributed by atoms with van der Waals surface area (Å²) in [4.78, 5) is 18.3. The molecule has 0 saturated heterocycles. The van der Waals surface area contributed by atoms with E-state index >= 15 is 0 Å². The van der Waals surface area contributed by atoms with Crippen LogP contribution in [0.2, 0.25) is 0 Å². The number of likely N-dealkylation sites (N-methyl/N-ethyl adjacent to an activating group) is 1. The molecule has 1 aliphatic carbocycles. The van der Waals surface area contributed by atoms with E-state index in [0.717, 1.165) is 31.2 Å². The van der Waals surface area contributed by atoms with E-state index in [1.54, 1.807) is 18.5 Å². The summed E-state index contributed by atoms with van der Waals surface area (Å²) >= 11 is 0. The van der Waals surface area contributed by atoms with Crippen LogP contribution in [0.15, 0.2) is 60.9 Å². The van der Waals surface area contributed by atoms with Crippen LogP contribution in [0.25, 0.3) is 6.08 Å². The van der Waals surface area contributed by atoms with Crippen LogP contribution >= 0.6 is 0 Å². The standard InChI is InChI=1S/C21H24N2O/c1-23(21(24)14-9-17-6-5-15-22-16-17)20-12-10-19(11-13-20)18-7-3-2-4-8-18/h2-9,14-16,19-20H,10-13H2,1H3/b14-9+. The van der Waals surface area contributed by atoms with Gasteiger partial charge in [0.1, 0.15) is 0 Å². The largest absolute Gasteiger partial charge is 0.339 e. The Morgan fingerprint density at radius 3 is 2.50 bits per heavy atom. The van der Waals surface area contributed by atoms with Crippen molar-refractivity contribution in [2.45, 2.75) is 37.6 Å². The van der Waals surface area contributed by atoms with Crippen molar-refractivity contribution >= 4 is 12.0 Å². The SMILES string of the molecule is CN(C(=O)/C=C/c1cccnc1)C1CCC(c2ccccc2)CC1. The van der Waals surface area contributed by atoms with Crippen LogP contribution in [0.3, 0.4) is 0 Å². The molecular formula is C21H24N2O. The lowest BCUT2D eigenvalue weighted by Gasteiger charge is -2.34. The first kappa shape index (κ1) is 16.4. The van der Waals surface area contributed by atoms with Crippen molar-refractivity contribution in [2.75, 3.05) is 7.05 Å². The highest BCUT2D eigenvalue weighted by atomic mass is 16.2. The van der Waals surface area contributed by atoms with Crippen LogP contribution in [0.4, 0.5) is 0 Å². The number of hydrogen-bond donors (Lipinski definition) is 0. The monoisotopic (exact) mass is 320 g/mol. The molecule has 24 heavy (non-hydrogen) atoms. The maximum atomic E-state index is 12.4. The molecule has 0 bridgehead atoms. The molecule has 3 heteroatoms. The molecule has 1 aromatic carbocycles. The molecule has 1 fully saturated rings. The average Bonchev–Trinajstić information content (AvgIpc) is 2.67. The van der Waals surface area contributed by atoms with Crippen molar-refractivity contribution in [1.82, 2.24) is 9.88 Å². The first-order chi connectivity index (χ1) is 11.7. The first-order valence-electron chi connectivity index (χ1n) is 8.64. The third kappa shape index (κ3) is 4.10. The molecule has 0 unspecified atom stereocenters. The summed E-state index contributed by atoms with van der Waals surface area (Å²) in [5.74, 6) is 0.707. The molecule has 0 spiro atoms. The van der Waals surface area contributed by atoms with Crippen molar-refractivity contribution in [3.8, 4) is 0 Å². The molecule has 0 radical (unpaired) electrons. The summed E-state index contributed by atoms with van der Waals surface area (Å²) in [6.45, 7) is 0. The summed E-state index contributed by atoms with van der Waals surface area (Å²) in [6.07, 6.45) is 11.4. The van der Waals surface area contributed by atoms with E-state index in [9.17, 15) is 4.79 Å². The van der Waals surface area contributed by atoms with Gasteiger partial charge in [0.25, 0.3) is 0 Å². The zero-order valence-electron chi connectivity index (χ0n) is 14.1. The highest BCUT2D eigenvalue weighted by molar-refractivity contribution is 5.91. The van der Waals surface area contributed by atoms with Gasteiger partial charge in [-0.3, -0.25) is 9.78 Å². The van der Waals surface area contributed by atoms with Gasteiger partial charge in [0.15, 0.2) is 0 Å². The minimum absolute atomic E-state index is 0.0713. The second-order valence-electron chi connectivity index (χ2n) is 6.48. The Kier molecular flexibility index (Phi) is 5.42. The molecule has 3 nitrogen and oxygen atoms in total. The molecule has 1 aromatic heterocycles. The van der Waals surface area contributed by atoms with Gasteiger partial charge < -0.3 is 4.90 Å². The first-order valence-corrected chi connectivity index (χ1v) is 8.64. The van der Waals surface area contributed by atoms with Crippen molar-refractivity contribution < 1.29 is 4.79 Å². The minimum atomic E-state index is 0.0713. The number of hydrogen-bond acceptors (Lipinski definition) is 2. The predicted molar refractivity (Wildman–Crippen MR) is 97.5 cm³/mol. The smallest absolute Gasteiger partial charge is 0.246 e. The second kappa shape index (κ2) is 7.91. The van der Waals surface area contributed by atoms with E-state index in [1.165, 1.54) is 5.56 Å². The van der Waals surface area contributed by atoms with E-state index < -0.39 is 0 Å². The van der Waals surface area contributed by atoms with E-state index in [2.05, 4.69) is 35.3 Å². The van der Waals surface area contributed by atoms with Crippen LogP contribution in [-0.2, 0) is 4.79 Å². The van der Waals surface area contributed by atoms with E-state index in [4.69, 9.17) is 0 Å². The third-order valence-electron chi connectivity index (χ3n) is 4.97. The Morgan fingerprint density at radius 1 is 1.08 bits per heavy atom. The van der Waals surface area contributed by atoms with E-state index in [-0.39, 0.29) is 5.91 Å². The lowest BCUT2D eigenvalue weighted by Crippen LogP contribution is -2.38.